The third-order valence-electron chi connectivity index (χ3n) is 5.86. The van der Waals surface area contributed by atoms with Gasteiger partial charge in [0.25, 0.3) is 5.91 Å². The van der Waals surface area contributed by atoms with Crippen LogP contribution in [-0.2, 0) is 11.8 Å². The van der Waals surface area contributed by atoms with Gasteiger partial charge in [0.1, 0.15) is 5.69 Å². The maximum atomic E-state index is 12.5. The van der Waals surface area contributed by atoms with E-state index in [1.807, 2.05) is 32.2 Å². The van der Waals surface area contributed by atoms with Gasteiger partial charge in [0, 0.05) is 51.6 Å². The highest BCUT2D eigenvalue weighted by atomic mass is 16.2. The molecule has 0 aromatic carbocycles. The molecule has 0 radical (unpaired) electrons. The van der Waals surface area contributed by atoms with Crippen LogP contribution in [0, 0.1) is 0 Å². The van der Waals surface area contributed by atoms with E-state index < -0.39 is 0 Å². The molecule has 1 aromatic heterocycles. The summed E-state index contributed by atoms with van der Waals surface area (Å²) in [7, 11) is 1.84. The van der Waals surface area contributed by atoms with Gasteiger partial charge in [-0.05, 0) is 38.7 Å². The van der Waals surface area contributed by atoms with Gasteiger partial charge in [-0.2, -0.15) is 5.10 Å². The predicted octanol–water partition coefficient (Wildman–Crippen LogP) is 1.96. The van der Waals surface area contributed by atoms with Crippen molar-refractivity contribution >= 4 is 11.8 Å². The fourth-order valence-corrected chi connectivity index (χ4v) is 3.84. The molecule has 7 nitrogen and oxygen atoms in total. The topological polar surface area (TPSA) is 79.3 Å². The van der Waals surface area contributed by atoms with Crippen LogP contribution in [0.3, 0.4) is 0 Å². The van der Waals surface area contributed by atoms with Gasteiger partial charge in [-0.15, -0.1) is 0 Å². The lowest BCUT2D eigenvalue weighted by Gasteiger charge is -2.32. The van der Waals surface area contributed by atoms with Crippen LogP contribution >= 0.6 is 0 Å². The van der Waals surface area contributed by atoms with E-state index in [9.17, 15) is 9.59 Å². The van der Waals surface area contributed by atoms with Crippen molar-refractivity contribution < 1.29 is 9.59 Å². The van der Waals surface area contributed by atoms with Crippen LogP contribution in [-0.4, -0.2) is 58.7 Å². The van der Waals surface area contributed by atoms with Crippen LogP contribution in [0.15, 0.2) is 18.2 Å². The van der Waals surface area contributed by atoms with Crippen molar-refractivity contribution in [2.75, 3.05) is 26.2 Å². The molecule has 1 saturated heterocycles. The molecule has 154 valence electrons. The Labute approximate surface area is 167 Å². The van der Waals surface area contributed by atoms with Crippen LogP contribution in [0.4, 0.5) is 0 Å². The third-order valence-corrected chi connectivity index (χ3v) is 5.86. The van der Waals surface area contributed by atoms with Crippen molar-refractivity contribution in [2.45, 2.75) is 57.4 Å². The summed E-state index contributed by atoms with van der Waals surface area (Å²) in [6.07, 6.45) is 9.79. The monoisotopic (exact) mass is 387 g/mol. The average molecular weight is 388 g/mol. The number of carbonyl (C=O) groups is 2. The fraction of sp³-hybridized carbons (Fsp3) is 0.667. The Hall–Kier alpha value is -2.15. The lowest BCUT2D eigenvalue weighted by atomic mass is 9.83. The molecule has 28 heavy (non-hydrogen) atoms. The minimum atomic E-state index is -0.0494. The van der Waals surface area contributed by atoms with Gasteiger partial charge in [-0.25, -0.2) is 0 Å². The summed E-state index contributed by atoms with van der Waals surface area (Å²) in [4.78, 5) is 26.6. The number of aryl methyl sites for hydroxylation is 1. The molecule has 2 fully saturated rings. The van der Waals surface area contributed by atoms with Crippen molar-refractivity contribution in [1.82, 2.24) is 25.3 Å². The average Bonchev–Trinajstić information content (AvgIpc) is 3.01. The number of hydrogen-bond acceptors (Lipinski definition) is 4. The zero-order chi connectivity index (χ0) is 19.9. The molecule has 0 spiro atoms. The SMILES string of the molecule is C/C=C/CC(=O)NC1CCN(CCNC(=O)c2cc(C3CCC3)nn2C)CC1. The molecule has 1 aromatic rings. The fourth-order valence-electron chi connectivity index (χ4n) is 3.84. The zero-order valence-electron chi connectivity index (χ0n) is 17.1. The lowest BCUT2D eigenvalue weighted by Crippen LogP contribution is -2.46. The molecule has 3 rings (SSSR count). The number of nitrogens with zero attached hydrogens (tertiary/aromatic N) is 3. The molecule has 2 heterocycles. The molecule has 1 aliphatic heterocycles. The van der Waals surface area contributed by atoms with Gasteiger partial charge in [-0.3, -0.25) is 14.3 Å². The summed E-state index contributed by atoms with van der Waals surface area (Å²) in [5.41, 5.74) is 1.70. The first-order chi connectivity index (χ1) is 13.6. The van der Waals surface area contributed by atoms with E-state index in [1.54, 1.807) is 4.68 Å². The number of rotatable bonds is 8. The van der Waals surface area contributed by atoms with Crippen LogP contribution in [0.25, 0.3) is 0 Å². The van der Waals surface area contributed by atoms with Crippen molar-refractivity contribution in [3.63, 3.8) is 0 Å². The zero-order valence-corrected chi connectivity index (χ0v) is 17.1. The molecular formula is C21H33N5O2. The number of hydrogen-bond donors (Lipinski definition) is 2. The highest BCUT2D eigenvalue weighted by Gasteiger charge is 2.25. The highest BCUT2D eigenvalue weighted by molar-refractivity contribution is 5.92. The second kappa shape index (κ2) is 9.87. The quantitative estimate of drug-likeness (QED) is 0.669. The van der Waals surface area contributed by atoms with E-state index in [2.05, 4.69) is 20.6 Å². The molecule has 7 heteroatoms. The number of aromatic nitrogens is 2. The molecule has 0 atom stereocenters. The largest absolute Gasteiger partial charge is 0.353 e. The second-order valence-electron chi connectivity index (χ2n) is 7.92. The molecule has 2 amide bonds. The minimum Gasteiger partial charge on any atom is -0.353 e. The summed E-state index contributed by atoms with van der Waals surface area (Å²) in [6, 6.07) is 2.21. The number of nitrogens with one attached hydrogen (secondary N) is 2. The predicted molar refractivity (Wildman–Crippen MR) is 109 cm³/mol. The second-order valence-corrected chi connectivity index (χ2v) is 7.92. The summed E-state index contributed by atoms with van der Waals surface area (Å²) in [6.45, 7) is 5.27. The Morgan fingerprint density at radius 1 is 1.25 bits per heavy atom. The van der Waals surface area contributed by atoms with Gasteiger partial charge < -0.3 is 15.5 Å². The maximum Gasteiger partial charge on any atom is 0.269 e. The molecule has 2 N–H and O–H groups in total. The van der Waals surface area contributed by atoms with Gasteiger partial charge in [0.2, 0.25) is 5.91 Å². The lowest BCUT2D eigenvalue weighted by molar-refractivity contribution is -0.121. The van der Waals surface area contributed by atoms with Crippen LogP contribution in [0.1, 0.15) is 67.5 Å². The first-order valence-corrected chi connectivity index (χ1v) is 10.5. The number of allylic oxidation sites excluding steroid dienone is 1. The Morgan fingerprint density at radius 3 is 2.64 bits per heavy atom. The van der Waals surface area contributed by atoms with Gasteiger partial charge in [-0.1, -0.05) is 18.6 Å². The summed E-state index contributed by atoms with van der Waals surface area (Å²) in [5.74, 6) is 0.584. The van der Waals surface area contributed by atoms with E-state index in [0.717, 1.165) is 38.2 Å². The van der Waals surface area contributed by atoms with Crippen LogP contribution in [0.2, 0.25) is 0 Å². The smallest absolute Gasteiger partial charge is 0.269 e. The maximum absolute atomic E-state index is 12.5. The van der Waals surface area contributed by atoms with E-state index in [1.165, 1.54) is 19.3 Å². The molecule has 2 aliphatic rings. The summed E-state index contributed by atoms with van der Waals surface area (Å²) in [5, 5.41) is 10.6. The minimum absolute atomic E-state index is 0.0494. The number of carbonyl (C=O) groups excluding carboxylic acids is 2. The van der Waals surface area contributed by atoms with Crippen molar-refractivity contribution in [1.29, 1.82) is 0 Å². The Bertz CT molecular complexity index is 700. The molecule has 0 unspecified atom stereocenters. The van der Waals surface area contributed by atoms with Crippen LogP contribution < -0.4 is 10.6 Å². The first-order valence-electron chi connectivity index (χ1n) is 10.5. The number of amides is 2. The van der Waals surface area contributed by atoms with E-state index >= 15 is 0 Å². The molecular weight excluding hydrogens is 354 g/mol. The van der Waals surface area contributed by atoms with Gasteiger partial charge >= 0.3 is 0 Å². The van der Waals surface area contributed by atoms with Crippen molar-refractivity contribution in [3.8, 4) is 0 Å². The van der Waals surface area contributed by atoms with Gasteiger partial charge in [0.15, 0.2) is 0 Å². The summed E-state index contributed by atoms with van der Waals surface area (Å²) < 4.78 is 1.70. The van der Waals surface area contributed by atoms with Crippen molar-refractivity contribution in [2.24, 2.45) is 7.05 Å². The third kappa shape index (κ3) is 5.44. The standard InChI is InChI=1S/C21H33N5O2/c1-3-4-8-20(27)23-17-9-12-26(13-10-17)14-11-22-21(28)19-15-18(24-25(19)2)16-6-5-7-16/h3-4,15-17H,5-14H2,1-2H3,(H,22,28)(H,23,27)/b4-3+. The summed E-state index contributed by atoms with van der Waals surface area (Å²) >= 11 is 0. The highest BCUT2D eigenvalue weighted by Crippen LogP contribution is 2.35. The molecule has 1 saturated carbocycles. The number of piperidine rings is 1. The Kier molecular flexibility index (Phi) is 7.25. The van der Waals surface area contributed by atoms with E-state index in [4.69, 9.17) is 0 Å². The van der Waals surface area contributed by atoms with E-state index in [-0.39, 0.29) is 17.9 Å². The number of likely N-dealkylation sites (tertiary alicyclic amines) is 1. The molecule has 1 aliphatic carbocycles. The van der Waals surface area contributed by atoms with Crippen molar-refractivity contribution in [3.05, 3.63) is 29.6 Å². The normalized spacial score (nSPS) is 18.9. The first kappa shape index (κ1) is 20.6. The Balaban J connectivity index is 1.35. The van der Waals surface area contributed by atoms with Crippen LogP contribution in [0.5, 0.6) is 0 Å². The molecule has 0 bridgehead atoms. The van der Waals surface area contributed by atoms with E-state index in [0.29, 0.717) is 24.6 Å². The van der Waals surface area contributed by atoms with Gasteiger partial charge in [0.05, 0.1) is 5.69 Å². The Morgan fingerprint density at radius 2 is 2.00 bits per heavy atom.